The van der Waals surface area contributed by atoms with Gasteiger partial charge in [-0.05, 0) is 36.8 Å². The molecule has 1 aromatic carbocycles. The van der Waals surface area contributed by atoms with Gasteiger partial charge in [-0.15, -0.1) is 24.0 Å². The molecule has 0 bridgehead atoms. The zero-order valence-electron chi connectivity index (χ0n) is 14.2. The normalized spacial score (nSPS) is 10.9. The van der Waals surface area contributed by atoms with Crippen LogP contribution in [0.1, 0.15) is 28.8 Å². The lowest BCUT2D eigenvalue weighted by molar-refractivity contribution is 0.0972. The van der Waals surface area contributed by atoms with Gasteiger partial charge in [0.1, 0.15) is 12.3 Å². The molecule has 6 nitrogen and oxygen atoms in total. The Morgan fingerprint density at radius 3 is 2.52 bits per heavy atom. The molecule has 2 rings (SSSR count). The summed E-state index contributed by atoms with van der Waals surface area (Å²) < 4.78 is 5.34. The number of benzene rings is 1. The molecule has 25 heavy (non-hydrogen) atoms. The van der Waals surface area contributed by atoms with Crippen molar-refractivity contribution in [3.8, 4) is 0 Å². The van der Waals surface area contributed by atoms with Crippen LogP contribution in [0.3, 0.4) is 0 Å². The second kappa shape index (κ2) is 10.3. The van der Waals surface area contributed by atoms with Crippen LogP contribution in [0, 0.1) is 0 Å². The fraction of sp³-hybridized carbons (Fsp3) is 0.294. The summed E-state index contributed by atoms with van der Waals surface area (Å²) in [4.78, 5) is 17.6. The Morgan fingerprint density at radius 2 is 1.96 bits per heavy atom. The first-order chi connectivity index (χ1) is 11.5. The van der Waals surface area contributed by atoms with Gasteiger partial charge in [-0.2, -0.15) is 0 Å². The van der Waals surface area contributed by atoms with Gasteiger partial charge in [0.05, 0.1) is 0 Å². The van der Waals surface area contributed by atoms with Crippen LogP contribution in [-0.2, 0) is 13.1 Å². The van der Waals surface area contributed by atoms with Crippen LogP contribution in [-0.4, -0.2) is 30.4 Å². The predicted octanol–water partition coefficient (Wildman–Crippen LogP) is 3.25. The molecule has 0 radical (unpaired) electrons. The summed E-state index contributed by atoms with van der Waals surface area (Å²) in [6, 6.07) is 10.9. The summed E-state index contributed by atoms with van der Waals surface area (Å²) in [5.74, 6) is 0.875. The summed E-state index contributed by atoms with van der Waals surface area (Å²) in [5.41, 5.74) is 6.30. The number of guanidine groups is 1. The number of nitrogens with two attached hydrogens (primary N) is 1. The highest BCUT2D eigenvalue weighted by molar-refractivity contribution is 14.0. The summed E-state index contributed by atoms with van der Waals surface area (Å²) in [5, 5.41) is 3.94. The average Bonchev–Trinajstić information content (AvgIpc) is 3.02. The van der Waals surface area contributed by atoms with Crippen LogP contribution in [0.15, 0.2) is 45.8 Å². The molecule has 0 aliphatic heterocycles. The topological polar surface area (TPSA) is 83.9 Å². The van der Waals surface area contributed by atoms with E-state index in [1.54, 1.807) is 12.1 Å². The van der Waals surface area contributed by atoms with Crippen molar-refractivity contribution < 1.29 is 9.21 Å². The van der Waals surface area contributed by atoms with Gasteiger partial charge in [0.25, 0.3) is 5.91 Å². The van der Waals surface area contributed by atoms with Gasteiger partial charge in [-0.25, -0.2) is 4.99 Å². The highest BCUT2D eigenvalue weighted by atomic mass is 127. The van der Waals surface area contributed by atoms with Crippen LogP contribution in [0.2, 0.25) is 5.02 Å². The van der Waals surface area contributed by atoms with Crippen molar-refractivity contribution in [1.82, 2.24) is 10.2 Å². The van der Waals surface area contributed by atoms with E-state index in [1.807, 2.05) is 43.1 Å². The summed E-state index contributed by atoms with van der Waals surface area (Å²) in [7, 11) is 1.95. The number of halogens is 2. The Bertz CT molecular complexity index is 716. The minimum absolute atomic E-state index is 0. The smallest absolute Gasteiger partial charge is 0.284 e. The van der Waals surface area contributed by atoms with E-state index in [0.29, 0.717) is 23.9 Å². The van der Waals surface area contributed by atoms with Crippen LogP contribution < -0.4 is 11.1 Å². The Morgan fingerprint density at radius 1 is 1.28 bits per heavy atom. The number of amides is 1. The molecule has 0 saturated carbocycles. The predicted molar refractivity (Wildman–Crippen MR) is 110 cm³/mol. The van der Waals surface area contributed by atoms with Crippen LogP contribution >= 0.6 is 35.6 Å². The first kappa shape index (κ1) is 21.3. The number of hydrogen-bond acceptors (Lipinski definition) is 3. The van der Waals surface area contributed by atoms with Crippen molar-refractivity contribution in [2.45, 2.75) is 20.0 Å². The largest absolute Gasteiger partial charge is 0.454 e. The van der Waals surface area contributed by atoms with Gasteiger partial charge in [0.15, 0.2) is 11.7 Å². The van der Waals surface area contributed by atoms with Crippen molar-refractivity contribution in [2.24, 2.45) is 10.7 Å². The van der Waals surface area contributed by atoms with E-state index in [0.717, 1.165) is 18.1 Å². The molecular weight excluding hydrogens is 455 g/mol. The quantitative estimate of drug-likeness (QED) is 0.381. The first-order valence-corrected chi connectivity index (χ1v) is 7.99. The molecule has 1 aromatic heterocycles. The van der Waals surface area contributed by atoms with Crippen molar-refractivity contribution in [3.05, 3.63) is 58.5 Å². The third-order valence-electron chi connectivity index (χ3n) is 3.32. The third-order valence-corrected chi connectivity index (χ3v) is 3.57. The molecule has 0 spiro atoms. The molecule has 0 fully saturated rings. The lowest BCUT2D eigenvalue weighted by Gasteiger charge is -2.22. The number of hydrogen-bond donors (Lipinski definition) is 2. The van der Waals surface area contributed by atoms with Gasteiger partial charge < -0.3 is 20.4 Å². The number of rotatable bonds is 6. The van der Waals surface area contributed by atoms with E-state index in [-0.39, 0.29) is 29.7 Å². The number of furan rings is 1. The third kappa shape index (κ3) is 6.58. The summed E-state index contributed by atoms with van der Waals surface area (Å²) >= 11 is 5.91. The first-order valence-electron chi connectivity index (χ1n) is 7.62. The number of primary amides is 1. The lowest BCUT2D eigenvalue weighted by Crippen LogP contribution is -2.38. The molecule has 3 N–H and O–H groups in total. The van der Waals surface area contributed by atoms with E-state index in [9.17, 15) is 4.79 Å². The van der Waals surface area contributed by atoms with Crippen LogP contribution in [0.25, 0.3) is 0 Å². The number of nitrogens with zero attached hydrogens (tertiary/aromatic N) is 2. The van der Waals surface area contributed by atoms with Crippen molar-refractivity contribution in [3.63, 3.8) is 0 Å². The molecular formula is C17H22ClIN4O2. The van der Waals surface area contributed by atoms with E-state index >= 15 is 0 Å². The van der Waals surface area contributed by atoms with E-state index < -0.39 is 5.91 Å². The number of carbonyl (C=O) groups excluding carboxylic acids is 1. The zero-order valence-corrected chi connectivity index (χ0v) is 17.2. The molecule has 2 aromatic rings. The fourth-order valence-corrected chi connectivity index (χ4v) is 2.28. The summed E-state index contributed by atoms with van der Waals surface area (Å²) in [6.07, 6.45) is 0. The SMILES string of the molecule is CCNC(=NCc1ccc(C(N)=O)o1)N(C)Cc1ccc(Cl)cc1.I. The molecule has 8 heteroatoms. The van der Waals surface area contributed by atoms with Crippen molar-refractivity contribution in [2.75, 3.05) is 13.6 Å². The van der Waals surface area contributed by atoms with E-state index in [4.69, 9.17) is 21.8 Å². The molecule has 136 valence electrons. The van der Waals surface area contributed by atoms with Gasteiger partial charge in [0.2, 0.25) is 0 Å². The van der Waals surface area contributed by atoms with Crippen molar-refractivity contribution in [1.29, 1.82) is 0 Å². The maximum absolute atomic E-state index is 11.1. The van der Waals surface area contributed by atoms with Gasteiger partial charge in [0, 0.05) is 25.2 Å². The Labute approximate surface area is 169 Å². The van der Waals surface area contributed by atoms with Crippen LogP contribution in [0.4, 0.5) is 0 Å². The zero-order chi connectivity index (χ0) is 17.5. The minimum atomic E-state index is -0.586. The fourth-order valence-electron chi connectivity index (χ4n) is 2.16. The maximum atomic E-state index is 11.1. The molecule has 0 unspecified atom stereocenters. The molecule has 0 saturated heterocycles. The molecule has 0 atom stereocenters. The monoisotopic (exact) mass is 476 g/mol. The van der Waals surface area contributed by atoms with Crippen LogP contribution in [0.5, 0.6) is 0 Å². The Balaban J connectivity index is 0.00000312. The standard InChI is InChI=1S/C17H21ClN4O2.HI/c1-3-20-17(21-10-14-8-9-15(24-14)16(19)23)22(2)11-12-4-6-13(18)7-5-12;/h4-9H,3,10-11H2,1-2H3,(H2,19,23)(H,20,21);1H. The molecule has 1 heterocycles. The van der Waals surface area contributed by atoms with E-state index in [2.05, 4.69) is 10.3 Å². The Hall–Kier alpha value is -1.74. The maximum Gasteiger partial charge on any atom is 0.284 e. The van der Waals surface area contributed by atoms with E-state index in [1.165, 1.54) is 0 Å². The average molecular weight is 477 g/mol. The second-order valence-corrected chi connectivity index (χ2v) is 5.72. The second-order valence-electron chi connectivity index (χ2n) is 5.28. The van der Waals surface area contributed by atoms with Crippen molar-refractivity contribution >= 4 is 47.4 Å². The molecule has 1 amide bonds. The highest BCUT2D eigenvalue weighted by Crippen LogP contribution is 2.12. The van der Waals surface area contributed by atoms with Gasteiger partial charge in [-0.1, -0.05) is 23.7 Å². The number of carbonyl (C=O) groups is 1. The Kier molecular flexibility index (Phi) is 8.77. The molecule has 0 aliphatic rings. The minimum Gasteiger partial charge on any atom is -0.454 e. The van der Waals surface area contributed by atoms with Gasteiger partial charge in [-0.3, -0.25) is 4.79 Å². The summed E-state index contributed by atoms with van der Waals surface area (Å²) in [6.45, 7) is 3.76. The highest BCUT2D eigenvalue weighted by Gasteiger charge is 2.09. The lowest BCUT2D eigenvalue weighted by atomic mass is 10.2. The number of aliphatic imine (C=N–C) groups is 1. The van der Waals surface area contributed by atoms with Gasteiger partial charge >= 0.3 is 0 Å². The number of nitrogens with one attached hydrogen (secondary N) is 1. The molecule has 0 aliphatic carbocycles.